The van der Waals surface area contributed by atoms with Crippen molar-refractivity contribution in [1.29, 1.82) is 0 Å². The summed E-state index contributed by atoms with van der Waals surface area (Å²) < 4.78 is 0. The Morgan fingerprint density at radius 1 is 1.44 bits per heavy atom. The first-order valence-corrected chi connectivity index (χ1v) is 12.6. The van der Waals surface area contributed by atoms with Gasteiger partial charge in [-0.05, 0) is 38.9 Å². The zero-order valence-electron chi connectivity index (χ0n) is 9.72. The summed E-state index contributed by atoms with van der Waals surface area (Å²) in [7, 11) is 6.69. The number of nitrogens with zero attached hydrogens (tertiary/aromatic N) is 1. The molecular weight excluding hydrogens is 274 g/mol. The number of piperidine rings is 2. The van der Waals surface area contributed by atoms with Gasteiger partial charge in [-0.3, -0.25) is 4.79 Å². The molecule has 0 radical (unpaired) electrons. The Bertz CT molecular complexity index is 272. The van der Waals surface area contributed by atoms with E-state index in [0.29, 0.717) is 23.6 Å². The van der Waals surface area contributed by atoms with Gasteiger partial charge in [0.25, 0.3) is 0 Å². The summed E-state index contributed by atoms with van der Waals surface area (Å²) in [6.45, 7) is 2.33. The summed E-state index contributed by atoms with van der Waals surface area (Å²) in [5.41, 5.74) is 0. The minimum atomic E-state index is -0.0936. The highest BCUT2D eigenvalue weighted by atomic mass is 32.6. The molecule has 2 heterocycles. The number of fused-ring (bicyclic) bond motifs is 1. The molecule has 16 heavy (non-hydrogen) atoms. The second-order valence-electron chi connectivity index (χ2n) is 4.85. The molecule has 6 heteroatoms. The highest BCUT2D eigenvalue weighted by molar-refractivity contribution is 8.61. The molecule has 1 amide bonds. The normalized spacial score (nSPS) is 37.8. The monoisotopic (exact) mass is 295 g/mol. The van der Waals surface area contributed by atoms with Gasteiger partial charge in [-0.1, -0.05) is 14.9 Å². The van der Waals surface area contributed by atoms with Crippen molar-refractivity contribution in [1.82, 2.24) is 4.90 Å². The largest absolute Gasteiger partial charge is 0.332 e. The van der Waals surface area contributed by atoms with Gasteiger partial charge >= 0.3 is 0 Å². The Labute approximate surface area is 106 Å². The van der Waals surface area contributed by atoms with Crippen LogP contribution < -0.4 is 0 Å². The predicted molar refractivity (Wildman–Crippen MR) is 81.3 cm³/mol. The Balaban J connectivity index is 2.20. The Kier molecular flexibility index (Phi) is 5.01. The van der Waals surface area contributed by atoms with E-state index >= 15 is 0 Å². The van der Waals surface area contributed by atoms with E-state index in [1.54, 1.807) is 0 Å². The lowest BCUT2D eigenvalue weighted by molar-refractivity contribution is -0.140. The van der Waals surface area contributed by atoms with E-state index in [1.807, 2.05) is 0 Å². The molecule has 0 N–H and O–H groups in total. The summed E-state index contributed by atoms with van der Waals surface area (Å²) in [6.07, 6.45) is 5.67. The molecule has 0 aliphatic carbocycles. The quantitative estimate of drug-likeness (QED) is 0.710. The summed E-state index contributed by atoms with van der Waals surface area (Å²) in [5, 5.41) is 0. The average Bonchev–Trinajstić information content (AvgIpc) is 2.29. The summed E-state index contributed by atoms with van der Waals surface area (Å²) in [6, 6.07) is 0.564. The van der Waals surface area contributed by atoms with Crippen molar-refractivity contribution in [2.24, 2.45) is 5.92 Å². The molecule has 2 rings (SSSR count). The number of hydrogen-bond acceptors (Lipinski definition) is 1. The SMILES string of the molecule is C[C@H]1CCC2CCCC(=O)N2[C@H]1P(P)PP. The van der Waals surface area contributed by atoms with Crippen LogP contribution in [0.3, 0.4) is 0 Å². The van der Waals surface area contributed by atoms with E-state index in [9.17, 15) is 4.79 Å². The molecule has 7 atom stereocenters. The predicted octanol–water partition coefficient (Wildman–Crippen LogP) is 3.78. The lowest BCUT2D eigenvalue weighted by Crippen LogP contribution is -2.53. The van der Waals surface area contributed by atoms with E-state index in [2.05, 4.69) is 29.7 Å². The van der Waals surface area contributed by atoms with Crippen molar-refractivity contribution in [3.63, 3.8) is 0 Å². The zero-order valence-corrected chi connectivity index (χ0v) is 13.9. The molecule has 2 aliphatic rings. The van der Waals surface area contributed by atoms with Crippen LogP contribution in [0.25, 0.3) is 0 Å². The van der Waals surface area contributed by atoms with Gasteiger partial charge in [0.15, 0.2) is 0 Å². The smallest absolute Gasteiger partial charge is 0.223 e. The van der Waals surface area contributed by atoms with E-state index in [0.717, 1.165) is 20.8 Å². The third-order valence-corrected chi connectivity index (χ3v) is 14.7. The maximum absolute atomic E-state index is 12.1. The summed E-state index contributed by atoms with van der Waals surface area (Å²) in [4.78, 5) is 14.4. The second kappa shape index (κ2) is 5.89. The van der Waals surface area contributed by atoms with E-state index in [1.165, 1.54) is 19.3 Å². The van der Waals surface area contributed by atoms with Crippen LogP contribution >= 0.6 is 33.1 Å². The summed E-state index contributed by atoms with van der Waals surface area (Å²) >= 11 is 0. The van der Waals surface area contributed by atoms with E-state index in [4.69, 9.17) is 0 Å². The molecule has 2 fully saturated rings. The number of hydrogen-bond donors (Lipinski definition) is 0. The standard InChI is InChI=1S/C10H21NOP4/c1-7-5-6-8-3-2-4-9(12)11(8)10(7)16(14)15-13/h7-8,10,15H,2-6,13-14H2,1H3/t7-,8?,10-,16?/m0/s1. The van der Waals surface area contributed by atoms with Crippen LogP contribution in [-0.2, 0) is 4.79 Å². The van der Waals surface area contributed by atoms with Gasteiger partial charge in [-0.25, -0.2) is 0 Å². The van der Waals surface area contributed by atoms with Crippen LogP contribution in [0.15, 0.2) is 0 Å². The minimum absolute atomic E-state index is 0.0936. The first kappa shape index (κ1) is 13.6. The third-order valence-electron chi connectivity index (χ3n) is 3.79. The maximum Gasteiger partial charge on any atom is 0.223 e. The molecular formula is C10H21NOP4. The number of carbonyl (C=O) groups is 1. The highest BCUT2D eigenvalue weighted by Gasteiger charge is 2.41. The van der Waals surface area contributed by atoms with Crippen LogP contribution in [-0.4, -0.2) is 22.6 Å². The molecule has 0 spiro atoms. The zero-order chi connectivity index (χ0) is 11.7. The fraction of sp³-hybridized carbons (Fsp3) is 0.900. The van der Waals surface area contributed by atoms with Crippen LogP contribution in [0.4, 0.5) is 0 Å². The molecule has 0 aromatic carbocycles. The van der Waals surface area contributed by atoms with Crippen molar-refractivity contribution >= 4 is 39.0 Å². The van der Waals surface area contributed by atoms with Crippen molar-refractivity contribution in [2.45, 2.75) is 50.9 Å². The van der Waals surface area contributed by atoms with E-state index < -0.39 is 0 Å². The molecule has 2 nitrogen and oxygen atoms in total. The molecule has 92 valence electrons. The van der Waals surface area contributed by atoms with Gasteiger partial charge in [0, 0.05) is 12.5 Å². The van der Waals surface area contributed by atoms with Crippen molar-refractivity contribution in [3.8, 4) is 0 Å². The molecule has 0 aromatic heterocycles. The van der Waals surface area contributed by atoms with Gasteiger partial charge in [0.1, 0.15) is 0 Å². The van der Waals surface area contributed by atoms with Crippen LogP contribution in [0, 0.1) is 5.92 Å². The molecule has 5 unspecified atom stereocenters. The first-order valence-electron chi connectivity index (χ1n) is 5.96. The maximum atomic E-state index is 12.1. The first-order chi connectivity index (χ1) is 7.65. The van der Waals surface area contributed by atoms with Crippen molar-refractivity contribution < 1.29 is 4.79 Å². The van der Waals surface area contributed by atoms with Crippen LogP contribution in [0.2, 0.25) is 0 Å². The number of amides is 1. The van der Waals surface area contributed by atoms with Gasteiger partial charge in [-0.15, -0.1) is 17.9 Å². The van der Waals surface area contributed by atoms with Gasteiger partial charge in [0.05, 0.1) is 5.78 Å². The highest BCUT2D eigenvalue weighted by Crippen LogP contribution is 2.72. The fourth-order valence-corrected chi connectivity index (χ4v) is 8.69. The van der Waals surface area contributed by atoms with Crippen molar-refractivity contribution in [2.75, 3.05) is 0 Å². The van der Waals surface area contributed by atoms with Crippen LogP contribution in [0.1, 0.15) is 39.0 Å². The molecule has 2 saturated heterocycles. The van der Waals surface area contributed by atoms with Crippen LogP contribution in [0.5, 0.6) is 0 Å². The minimum Gasteiger partial charge on any atom is -0.332 e. The Morgan fingerprint density at radius 2 is 2.19 bits per heavy atom. The Hall–Kier alpha value is 1.19. The molecule has 2 aliphatic heterocycles. The van der Waals surface area contributed by atoms with Gasteiger partial charge in [0.2, 0.25) is 5.91 Å². The molecule has 0 bridgehead atoms. The topological polar surface area (TPSA) is 20.3 Å². The average molecular weight is 295 g/mol. The fourth-order valence-electron chi connectivity index (χ4n) is 2.97. The van der Waals surface area contributed by atoms with E-state index in [-0.39, 0.29) is 7.30 Å². The van der Waals surface area contributed by atoms with Crippen molar-refractivity contribution in [3.05, 3.63) is 0 Å². The van der Waals surface area contributed by atoms with Gasteiger partial charge < -0.3 is 4.90 Å². The molecule has 0 saturated carbocycles. The number of carbonyl (C=O) groups excluding carboxylic acids is 1. The molecule has 0 aromatic rings. The third kappa shape index (κ3) is 2.62. The number of rotatable bonds is 2. The Morgan fingerprint density at radius 3 is 2.88 bits per heavy atom. The lowest BCUT2D eigenvalue weighted by atomic mass is 9.88. The van der Waals surface area contributed by atoms with Gasteiger partial charge in [-0.2, -0.15) is 0 Å². The lowest BCUT2D eigenvalue weighted by Gasteiger charge is -2.49. The second-order valence-corrected chi connectivity index (χ2v) is 14.3. The summed E-state index contributed by atoms with van der Waals surface area (Å²) in [5.74, 6) is 1.64.